The lowest BCUT2D eigenvalue weighted by Crippen LogP contribution is -2.47. The van der Waals surface area contributed by atoms with Gasteiger partial charge in [0.1, 0.15) is 11.9 Å². The summed E-state index contributed by atoms with van der Waals surface area (Å²) in [5, 5.41) is 3.10. The highest BCUT2D eigenvalue weighted by Gasteiger charge is 2.62. The lowest BCUT2D eigenvalue weighted by Gasteiger charge is -2.29. The van der Waals surface area contributed by atoms with Crippen LogP contribution in [0.25, 0.3) is 21.7 Å². The van der Waals surface area contributed by atoms with Crippen LogP contribution in [0.3, 0.4) is 0 Å². The molecule has 0 spiro atoms. The molecule has 12 nitrogen and oxygen atoms in total. The summed E-state index contributed by atoms with van der Waals surface area (Å²) < 4.78 is 82.4. The van der Waals surface area contributed by atoms with Gasteiger partial charge in [-0.05, 0) is 107 Å². The number of Topliss-reactive ketones (excluding diaryl/α,β-unsaturated/α-hetero) is 1. The molecular weight excluding hydrogens is 880 g/mol. The second kappa shape index (κ2) is 17.7. The third kappa shape index (κ3) is 9.54. The third-order valence-electron chi connectivity index (χ3n) is 13.8. The van der Waals surface area contributed by atoms with Gasteiger partial charge in [0.2, 0.25) is 27.7 Å². The monoisotopic (exact) mass is 935 g/mol. The summed E-state index contributed by atoms with van der Waals surface area (Å²) in [4.78, 5) is 60.2. The van der Waals surface area contributed by atoms with E-state index in [0.717, 1.165) is 36.2 Å². The standard InChI is InChI=1S/C48H56F3N5O7S2/c1-27(2)36-26-64-43(52-36)41-53-40-29(4)39(62-6)15-14-35(40)42(54-41)63-34-22-37-38(57)24-47(45(59)55-65(60,61)46(5)16-17-46)23-32(47)13-11-9-7-8-10-12-31(44(58)56(37)25-34)20-30-18-28(3)19-33(21-30)48(49,50)51/h11,13-15,18-19,21,26-27,31-32,34,37H,7-10,12,16-17,20,22-25H2,1-6H3,(H,55,59)/b13-11-/t31-,32-,34-,37+,47-/m1/s1. The van der Waals surface area contributed by atoms with Crippen LogP contribution in [0.1, 0.15) is 119 Å². The lowest BCUT2D eigenvalue weighted by molar-refractivity contribution is -0.142. The first-order chi connectivity index (χ1) is 30.7. The number of halogens is 3. The van der Waals surface area contributed by atoms with Crippen molar-refractivity contribution in [1.29, 1.82) is 0 Å². The van der Waals surface area contributed by atoms with Crippen LogP contribution in [0.5, 0.6) is 11.6 Å². The molecular formula is C48H56F3N5O7S2. The van der Waals surface area contributed by atoms with Crippen molar-refractivity contribution in [2.24, 2.45) is 17.3 Å². The first kappa shape index (κ1) is 46.6. The molecule has 0 unspecified atom stereocenters. The van der Waals surface area contributed by atoms with Crippen LogP contribution < -0.4 is 14.2 Å². The predicted molar refractivity (Wildman–Crippen MR) is 241 cm³/mol. The Morgan fingerprint density at radius 3 is 2.52 bits per heavy atom. The fourth-order valence-electron chi connectivity index (χ4n) is 9.35. The maximum absolute atomic E-state index is 15.1. The Labute approximate surface area is 381 Å². The van der Waals surface area contributed by atoms with Crippen LogP contribution in [-0.4, -0.2) is 76.4 Å². The van der Waals surface area contributed by atoms with Gasteiger partial charge >= 0.3 is 6.18 Å². The number of alkyl halides is 3. The van der Waals surface area contributed by atoms with Crippen molar-refractivity contribution < 1.29 is 45.4 Å². The molecule has 2 amide bonds. The number of methoxy groups -OCH3 is 1. The number of sulfonamides is 1. The molecule has 2 aliphatic heterocycles. The van der Waals surface area contributed by atoms with Crippen molar-refractivity contribution in [3.05, 3.63) is 75.8 Å². The maximum atomic E-state index is 15.1. The number of hydrogen-bond acceptors (Lipinski definition) is 11. The van der Waals surface area contributed by atoms with Crippen molar-refractivity contribution in [1.82, 2.24) is 24.6 Å². The molecule has 2 aromatic heterocycles. The molecule has 65 heavy (non-hydrogen) atoms. The first-order valence-corrected chi connectivity index (χ1v) is 24.8. The third-order valence-corrected chi connectivity index (χ3v) is 16.8. The molecule has 2 aromatic carbocycles. The molecule has 1 saturated heterocycles. The van der Waals surface area contributed by atoms with Crippen LogP contribution in [0.2, 0.25) is 0 Å². The van der Waals surface area contributed by atoms with Crippen LogP contribution >= 0.6 is 11.3 Å². The second-order valence-corrected chi connectivity index (χ2v) is 22.1. The molecule has 3 fully saturated rings. The Kier molecular flexibility index (Phi) is 12.7. The predicted octanol–water partition coefficient (Wildman–Crippen LogP) is 9.21. The Morgan fingerprint density at radius 1 is 1.06 bits per heavy atom. The van der Waals surface area contributed by atoms with Gasteiger partial charge in [0.05, 0.1) is 52.0 Å². The summed E-state index contributed by atoms with van der Waals surface area (Å²) in [6.45, 7) is 9.09. The minimum Gasteiger partial charge on any atom is -0.496 e. The minimum atomic E-state index is -4.58. The number of benzene rings is 2. The number of amides is 2. The van der Waals surface area contributed by atoms with E-state index in [0.29, 0.717) is 70.7 Å². The molecule has 0 radical (unpaired) electrons. The van der Waals surface area contributed by atoms with E-state index in [1.165, 1.54) is 16.2 Å². The zero-order chi connectivity index (χ0) is 46.6. The quantitative estimate of drug-likeness (QED) is 0.152. The SMILES string of the molecule is COc1ccc2c(O[C@@H]3C[C@H]4C(=O)C[C@]5(C(=O)NS(=O)(=O)C6(C)CC6)C[C@H]5/C=C\CCCCC[C@H](Cc5cc(C)cc(C(F)(F)F)c5)C(=O)N4C3)nc(-c3nc(C(C)C)cs3)nc2c1C. The maximum Gasteiger partial charge on any atom is 0.416 e. The Morgan fingerprint density at radius 2 is 1.83 bits per heavy atom. The summed E-state index contributed by atoms with van der Waals surface area (Å²) in [6.07, 6.45) is 2.51. The van der Waals surface area contributed by atoms with E-state index >= 15 is 4.79 Å². The highest BCUT2D eigenvalue weighted by molar-refractivity contribution is 7.91. The number of fused-ring (bicyclic) bond motifs is 3. The van der Waals surface area contributed by atoms with Gasteiger partial charge in [0.25, 0.3) is 0 Å². The Balaban J connectivity index is 1.17. The molecule has 4 heterocycles. The summed E-state index contributed by atoms with van der Waals surface area (Å²) in [7, 11) is -2.45. The average Bonchev–Trinajstić information content (AvgIpc) is 4.02. The number of carbonyl (C=O) groups excluding carboxylic acids is 3. The number of nitrogens with one attached hydrogen (secondary N) is 1. The zero-order valence-electron chi connectivity index (χ0n) is 37.6. The van der Waals surface area contributed by atoms with Gasteiger partial charge in [-0.1, -0.05) is 50.5 Å². The van der Waals surface area contributed by atoms with Gasteiger partial charge in [-0.3, -0.25) is 19.1 Å². The number of rotatable bonds is 10. The zero-order valence-corrected chi connectivity index (χ0v) is 39.2. The highest BCUT2D eigenvalue weighted by Crippen LogP contribution is 2.58. The van der Waals surface area contributed by atoms with Gasteiger partial charge in [-0.25, -0.2) is 18.4 Å². The number of allylic oxidation sites excluding steroid dienone is 2. The van der Waals surface area contributed by atoms with Crippen LogP contribution in [-0.2, 0) is 37.0 Å². The molecule has 4 aromatic rings. The van der Waals surface area contributed by atoms with Crippen LogP contribution in [0.15, 0.2) is 47.9 Å². The van der Waals surface area contributed by atoms with E-state index < -0.39 is 67.6 Å². The average molecular weight is 936 g/mol. The Hall–Kier alpha value is -4.90. The van der Waals surface area contributed by atoms with E-state index in [9.17, 15) is 31.2 Å². The molecule has 1 N–H and O–H groups in total. The number of ether oxygens (including phenoxy) is 2. The normalized spacial score (nSPS) is 25.4. The number of thiazole rings is 1. The fourth-order valence-corrected chi connectivity index (χ4v) is 11.6. The second-order valence-electron chi connectivity index (χ2n) is 19.0. The number of nitrogens with zero attached hydrogens (tertiary/aromatic N) is 4. The minimum absolute atomic E-state index is 0.0185. The number of aromatic nitrogens is 3. The van der Waals surface area contributed by atoms with E-state index in [2.05, 4.69) is 4.72 Å². The van der Waals surface area contributed by atoms with Crippen LogP contribution in [0.4, 0.5) is 13.2 Å². The van der Waals surface area contributed by atoms with E-state index in [1.807, 2.05) is 38.3 Å². The topological polar surface area (TPSA) is 158 Å². The fraction of sp³-hybridized carbons (Fsp3) is 0.542. The van der Waals surface area contributed by atoms with Crippen molar-refractivity contribution in [3.63, 3.8) is 0 Å². The Bertz CT molecular complexity index is 2660. The summed E-state index contributed by atoms with van der Waals surface area (Å²) >= 11 is 1.40. The molecule has 348 valence electrons. The van der Waals surface area contributed by atoms with Gasteiger partial charge in [0, 0.05) is 29.7 Å². The lowest BCUT2D eigenvalue weighted by atomic mass is 9.89. The molecule has 17 heteroatoms. The number of aryl methyl sites for hydroxylation is 2. The summed E-state index contributed by atoms with van der Waals surface area (Å²) in [5.74, 6) is -1.41. The summed E-state index contributed by atoms with van der Waals surface area (Å²) in [5.41, 5.74) is 0.826. The highest BCUT2D eigenvalue weighted by atomic mass is 32.2. The van der Waals surface area contributed by atoms with Crippen molar-refractivity contribution >= 4 is 49.9 Å². The smallest absolute Gasteiger partial charge is 0.416 e. The van der Waals surface area contributed by atoms with Gasteiger partial charge in [0.15, 0.2) is 16.6 Å². The van der Waals surface area contributed by atoms with Crippen molar-refractivity contribution in [3.8, 4) is 22.5 Å². The van der Waals surface area contributed by atoms with Gasteiger partial charge in [-0.15, -0.1) is 11.3 Å². The molecule has 2 saturated carbocycles. The molecule has 0 bridgehead atoms. The molecule has 2 aliphatic carbocycles. The van der Waals surface area contributed by atoms with Gasteiger partial charge < -0.3 is 14.4 Å². The summed E-state index contributed by atoms with van der Waals surface area (Å²) in [6, 6.07) is 6.32. The van der Waals surface area contributed by atoms with E-state index in [4.69, 9.17) is 24.4 Å². The van der Waals surface area contributed by atoms with Crippen molar-refractivity contribution in [2.45, 2.75) is 134 Å². The van der Waals surface area contributed by atoms with Gasteiger partial charge in [-0.2, -0.15) is 18.2 Å². The van der Waals surface area contributed by atoms with Crippen LogP contribution in [0, 0.1) is 31.1 Å². The van der Waals surface area contributed by atoms with Crippen molar-refractivity contribution in [2.75, 3.05) is 13.7 Å². The number of carbonyl (C=O) groups is 3. The molecule has 4 aliphatic rings. The molecule has 8 rings (SSSR count). The molecule has 5 atom stereocenters. The van der Waals surface area contributed by atoms with E-state index in [1.54, 1.807) is 39.2 Å². The van der Waals surface area contributed by atoms with E-state index in [-0.39, 0.29) is 49.9 Å². The largest absolute Gasteiger partial charge is 0.496 e. The first-order valence-electron chi connectivity index (χ1n) is 22.4. The number of hydrogen-bond donors (Lipinski definition) is 1. The number of ketones is 1.